The van der Waals surface area contributed by atoms with Gasteiger partial charge in [0.2, 0.25) is 10.0 Å². The smallest absolute Gasteiger partial charge is 0.251 e. The Hall–Kier alpha value is -2.42. The first-order chi connectivity index (χ1) is 13.8. The number of amides is 1. The molecule has 7 nitrogen and oxygen atoms in total. The highest BCUT2D eigenvalue weighted by Gasteiger charge is 2.28. The summed E-state index contributed by atoms with van der Waals surface area (Å²) < 4.78 is 32.8. The fraction of sp³-hybridized carbons (Fsp3) is 0.381. The van der Waals surface area contributed by atoms with Crippen LogP contribution in [0, 0.1) is 6.92 Å². The molecule has 0 bridgehead atoms. The molecule has 1 aliphatic heterocycles. The number of ether oxygens (including phenoxy) is 1. The maximum atomic E-state index is 13.0. The van der Waals surface area contributed by atoms with Crippen molar-refractivity contribution >= 4 is 15.9 Å². The summed E-state index contributed by atoms with van der Waals surface area (Å²) in [6.07, 6.45) is 0. The number of methoxy groups -OCH3 is 1. The second kappa shape index (κ2) is 8.94. The molecule has 1 aliphatic rings. The Balaban J connectivity index is 1.78. The monoisotopic (exact) mass is 417 g/mol. The lowest BCUT2D eigenvalue weighted by atomic mass is 10.1. The van der Waals surface area contributed by atoms with Crippen molar-refractivity contribution < 1.29 is 17.9 Å². The molecule has 0 saturated carbocycles. The average molecular weight is 418 g/mol. The SMILES string of the molecule is COc1ccccc1CNC(=O)c1cc(S(=O)(=O)N2CCN(C)CC2)ccc1C. The Morgan fingerprint density at radius 1 is 1.10 bits per heavy atom. The highest BCUT2D eigenvalue weighted by Crippen LogP contribution is 2.21. The van der Waals surface area contributed by atoms with Crippen LogP contribution in [0.4, 0.5) is 0 Å². The molecule has 1 heterocycles. The van der Waals surface area contributed by atoms with Crippen LogP contribution in [-0.4, -0.2) is 63.9 Å². The van der Waals surface area contributed by atoms with Gasteiger partial charge in [-0.1, -0.05) is 24.3 Å². The van der Waals surface area contributed by atoms with Gasteiger partial charge in [0.05, 0.1) is 12.0 Å². The molecular formula is C21H27N3O4S. The molecule has 1 fully saturated rings. The lowest BCUT2D eigenvalue weighted by Gasteiger charge is -2.31. The Morgan fingerprint density at radius 2 is 1.79 bits per heavy atom. The molecule has 156 valence electrons. The van der Waals surface area contributed by atoms with Crippen molar-refractivity contribution in [2.75, 3.05) is 40.3 Å². The van der Waals surface area contributed by atoms with E-state index >= 15 is 0 Å². The number of carbonyl (C=O) groups excluding carboxylic acids is 1. The van der Waals surface area contributed by atoms with E-state index in [4.69, 9.17) is 4.74 Å². The van der Waals surface area contributed by atoms with Crippen molar-refractivity contribution in [3.63, 3.8) is 0 Å². The molecule has 3 rings (SSSR count). The molecule has 29 heavy (non-hydrogen) atoms. The minimum atomic E-state index is -3.63. The van der Waals surface area contributed by atoms with Crippen molar-refractivity contribution in [1.29, 1.82) is 0 Å². The Kier molecular flexibility index (Phi) is 6.56. The predicted molar refractivity (Wildman–Crippen MR) is 112 cm³/mol. The summed E-state index contributed by atoms with van der Waals surface area (Å²) in [6, 6.07) is 12.2. The third-order valence-electron chi connectivity index (χ3n) is 5.19. The van der Waals surface area contributed by atoms with Gasteiger partial charge < -0.3 is 15.0 Å². The van der Waals surface area contributed by atoms with Crippen LogP contribution in [0.3, 0.4) is 0 Å². The molecule has 8 heteroatoms. The van der Waals surface area contributed by atoms with E-state index in [2.05, 4.69) is 10.2 Å². The number of likely N-dealkylation sites (N-methyl/N-ethyl adjacent to an activating group) is 1. The van der Waals surface area contributed by atoms with E-state index in [1.54, 1.807) is 26.2 Å². The fourth-order valence-electron chi connectivity index (χ4n) is 3.30. The number of nitrogens with zero attached hydrogens (tertiary/aromatic N) is 2. The quantitative estimate of drug-likeness (QED) is 0.776. The Morgan fingerprint density at radius 3 is 2.48 bits per heavy atom. The van der Waals surface area contributed by atoms with Gasteiger partial charge in [-0.25, -0.2) is 8.42 Å². The first kappa shape index (κ1) is 21.3. The van der Waals surface area contributed by atoms with Gasteiger partial charge in [-0.15, -0.1) is 0 Å². The number of benzene rings is 2. The third kappa shape index (κ3) is 4.77. The fourth-order valence-corrected chi connectivity index (χ4v) is 4.75. The van der Waals surface area contributed by atoms with Gasteiger partial charge in [0.25, 0.3) is 5.91 Å². The normalized spacial score (nSPS) is 15.8. The average Bonchev–Trinajstić information content (AvgIpc) is 2.72. The van der Waals surface area contributed by atoms with Gasteiger partial charge in [-0.2, -0.15) is 4.31 Å². The molecule has 0 aliphatic carbocycles. The predicted octanol–water partition coefficient (Wildman–Crippen LogP) is 1.87. The zero-order chi connectivity index (χ0) is 21.0. The molecule has 0 radical (unpaired) electrons. The van der Waals surface area contributed by atoms with Crippen LogP contribution in [0.2, 0.25) is 0 Å². The summed E-state index contributed by atoms with van der Waals surface area (Å²) in [5.74, 6) is 0.375. The van der Waals surface area contributed by atoms with Crippen LogP contribution in [0.25, 0.3) is 0 Å². The molecule has 1 N–H and O–H groups in total. The van der Waals surface area contributed by atoms with Crippen LogP contribution in [-0.2, 0) is 16.6 Å². The van der Waals surface area contributed by atoms with E-state index in [0.717, 1.165) is 11.1 Å². The number of nitrogens with one attached hydrogen (secondary N) is 1. The van der Waals surface area contributed by atoms with Crippen molar-refractivity contribution in [2.45, 2.75) is 18.4 Å². The van der Waals surface area contributed by atoms with Gasteiger partial charge in [0, 0.05) is 43.9 Å². The van der Waals surface area contributed by atoms with Crippen LogP contribution in [0.5, 0.6) is 5.75 Å². The zero-order valence-corrected chi connectivity index (χ0v) is 17.8. The topological polar surface area (TPSA) is 78.9 Å². The van der Waals surface area contributed by atoms with Gasteiger partial charge in [-0.05, 0) is 37.7 Å². The van der Waals surface area contributed by atoms with E-state index in [9.17, 15) is 13.2 Å². The van der Waals surface area contributed by atoms with Gasteiger partial charge in [-0.3, -0.25) is 4.79 Å². The van der Waals surface area contributed by atoms with Crippen LogP contribution >= 0.6 is 0 Å². The Bertz CT molecular complexity index is 983. The van der Waals surface area contributed by atoms with Crippen LogP contribution < -0.4 is 10.1 Å². The number of rotatable bonds is 6. The first-order valence-electron chi connectivity index (χ1n) is 9.52. The van der Waals surface area contributed by atoms with Crippen molar-refractivity contribution in [3.05, 3.63) is 59.2 Å². The van der Waals surface area contributed by atoms with E-state index in [1.165, 1.54) is 10.4 Å². The molecule has 0 spiro atoms. The largest absolute Gasteiger partial charge is 0.496 e. The maximum absolute atomic E-state index is 13.0. The molecule has 0 atom stereocenters. The molecule has 0 aromatic heterocycles. The van der Waals surface area contributed by atoms with Crippen molar-refractivity contribution in [3.8, 4) is 5.75 Å². The molecule has 0 unspecified atom stereocenters. The number of piperazine rings is 1. The van der Waals surface area contributed by atoms with E-state index in [-0.39, 0.29) is 17.3 Å². The second-order valence-corrected chi connectivity index (χ2v) is 9.12. The minimum absolute atomic E-state index is 0.148. The second-order valence-electron chi connectivity index (χ2n) is 7.18. The Labute approximate surface area is 172 Å². The third-order valence-corrected chi connectivity index (χ3v) is 7.08. The molecule has 2 aromatic rings. The van der Waals surface area contributed by atoms with E-state index in [1.807, 2.05) is 31.3 Å². The van der Waals surface area contributed by atoms with E-state index < -0.39 is 10.0 Å². The molecule has 1 saturated heterocycles. The van der Waals surface area contributed by atoms with Crippen molar-refractivity contribution in [2.24, 2.45) is 0 Å². The number of sulfonamides is 1. The number of hydrogen-bond acceptors (Lipinski definition) is 5. The first-order valence-corrected chi connectivity index (χ1v) is 11.0. The summed E-state index contributed by atoms with van der Waals surface area (Å²) in [4.78, 5) is 15.0. The summed E-state index contributed by atoms with van der Waals surface area (Å²) in [6.45, 7) is 4.36. The van der Waals surface area contributed by atoms with Gasteiger partial charge in [0.15, 0.2) is 0 Å². The minimum Gasteiger partial charge on any atom is -0.496 e. The summed E-state index contributed by atoms with van der Waals surface area (Å²) in [5.41, 5.74) is 1.93. The molecule has 2 aromatic carbocycles. The lowest BCUT2D eigenvalue weighted by Crippen LogP contribution is -2.47. The van der Waals surface area contributed by atoms with Crippen LogP contribution in [0.15, 0.2) is 47.4 Å². The molecule has 1 amide bonds. The van der Waals surface area contributed by atoms with Gasteiger partial charge in [0.1, 0.15) is 5.75 Å². The van der Waals surface area contributed by atoms with Crippen molar-refractivity contribution in [1.82, 2.24) is 14.5 Å². The zero-order valence-electron chi connectivity index (χ0n) is 17.0. The summed E-state index contributed by atoms with van der Waals surface area (Å²) in [7, 11) is -0.0763. The lowest BCUT2D eigenvalue weighted by molar-refractivity contribution is 0.0950. The maximum Gasteiger partial charge on any atom is 0.251 e. The highest BCUT2D eigenvalue weighted by atomic mass is 32.2. The van der Waals surface area contributed by atoms with Gasteiger partial charge >= 0.3 is 0 Å². The van der Waals surface area contributed by atoms with Crippen LogP contribution in [0.1, 0.15) is 21.5 Å². The molecular weight excluding hydrogens is 390 g/mol. The number of para-hydroxylation sites is 1. The summed E-state index contributed by atoms with van der Waals surface area (Å²) >= 11 is 0. The number of carbonyl (C=O) groups is 1. The highest BCUT2D eigenvalue weighted by molar-refractivity contribution is 7.89. The van der Waals surface area contributed by atoms with E-state index in [0.29, 0.717) is 37.5 Å². The standard InChI is InChI=1S/C21H27N3O4S/c1-16-8-9-18(29(26,27)24-12-10-23(2)11-13-24)14-19(16)21(25)22-15-17-6-4-5-7-20(17)28-3/h4-9,14H,10-13,15H2,1-3H3,(H,22,25). The summed E-state index contributed by atoms with van der Waals surface area (Å²) in [5, 5.41) is 2.86. The number of hydrogen-bond donors (Lipinski definition) is 1. The number of aryl methyl sites for hydroxylation is 1.